The van der Waals surface area contributed by atoms with Gasteiger partial charge >= 0.3 is 0 Å². The molecule has 0 saturated heterocycles. The Kier molecular flexibility index (Phi) is 4.44. The predicted molar refractivity (Wildman–Crippen MR) is 80.2 cm³/mol. The summed E-state index contributed by atoms with van der Waals surface area (Å²) in [6.07, 6.45) is 1.68. The number of carbonyl (C=O) groups excluding carboxylic acids is 1. The summed E-state index contributed by atoms with van der Waals surface area (Å²) in [5, 5.41) is 11.2. The van der Waals surface area contributed by atoms with Gasteiger partial charge in [-0.25, -0.2) is 0 Å². The van der Waals surface area contributed by atoms with Crippen LogP contribution in [0, 0.1) is 13.8 Å². The van der Waals surface area contributed by atoms with Gasteiger partial charge in [0, 0.05) is 7.05 Å². The summed E-state index contributed by atoms with van der Waals surface area (Å²) < 4.78 is 1.92. The van der Waals surface area contributed by atoms with Crippen molar-refractivity contribution in [1.29, 1.82) is 0 Å². The van der Waals surface area contributed by atoms with Gasteiger partial charge in [-0.1, -0.05) is 29.5 Å². The normalized spacial score (nSPS) is 12.2. The van der Waals surface area contributed by atoms with E-state index in [1.54, 1.807) is 13.4 Å². The van der Waals surface area contributed by atoms with E-state index < -0.39 is 0 Å². The van der Waals surface area contributed by atoms with Crippen LogP contribution in [0.2, 0.25) is 0 Å². The maximum Gasteiger partial charge on any atom is 0.233 e. The van der Waals surface area contributed by atoms with Gasteiger partial charge in [0.05, 0.1) is 10.9 Å². The monoisotopic (exact) mass is 290 g/mol. The van der Waals surface area contributed by atoms with Gasteiger partial charge in [-0.3, -0.25) is 9.36 Å². The van der Waals surface area contributed by atoms with Crippen LogP contribution in [0.3, 0.4) is 0 Å². The summed E-state index contributed by atoms with van der Waals surface area (Å²) in [5.74, 6) is -0.0230. The lowest BCUT2D eigenvalue weighted by atomic mass is 10.1. The van der Waals surface area contributed by atoms with E-state index in [0.29, 0.717) is 5.16 Å². The summed E-state index contributed by atoms with van der Waals surface area (Å²) in [6, 6.07) is 6.22. The first-order valence-corrected chi connectivity index (χ1v) is 7.26. The summed E-state index contributed by atoms with van der Waals surface area (Å²) >= 11 is 1.39. The number of hydrogen-bond donors (Lipinski definition) is 1. The van der Waals surface area contributed by atoms with E-state index in [9.17, 15) is 4.79 Å². The van der Waals surface area contributed by atoms with Crippen molar-refractivity contribution in [2.45, 2.75) is 31.2 Å². The summed E-state index contributed by atoms with van der Waals surface area (Å²) in [4.78, 5) is 11.6. The number of thioether (sulfide) groups is 1. The fourth-order valence-electron chi connectivity index (χ4n) is 1.96. The van der Waals surface area contributed by atoms with Crippen LogP contribution >= 0.6 is 11.8 Å². The molecule has 0 aliphatic carbocycles. The van der Waals surface area contributed by atoms with Gasteiger partial charge in [0.1, 0.15) is 6.33 Å². The molecule has 1 amide bonds. The lowest BCUT2D eigenvalue weighted by Gasteiger charge is -2.12. The number of aryl methyl sites for hydroxylation is 2. The minimum absolute atomic E-state index is 0.0230. The molecule has 1 unspecified atom stereocenters. The highest BCUT2D eigenvalue weighted by molar-refractivity contribution is 8.00. The maximum absolute atomic E-state index is 11.6. The SMILES string of the molecule is CNC(=O)C(C)Sc1nncn1-c1ccc(C)cc1C. The fraction of sp³-hybridized carbons (Fsp3) is 0.357. The molecule has 0 aliphatic heterocycles. The molecule has 1 atom stereocenters. The molecule has 2 rings (SSSR count). The van der Waals surface area contributed by atoms with E-state index >= 15 is 0 Å². The van der Waals surface area contributed by atoms with Crippen molar-refractivity contribution in [3.05, 3.63) is 35.7 Å². The number of amides is 1. The van der Waals surface area contributed by atoms with Gasteiger partial charge in [0.15, 0.2) is 5.16 Å². The molecular weight excluding hydrogens is 272 g/mol. The van der Waals surface area contributed by atoms with Crippen molar-refractivity contribution in [1.82, 2.24) is 20.1 Å². The molecule has 1 N–H and O–H groups in total. The van der Waals surface area contributed by atoms with Crippen molar-refractivity contribution in [2.75, 3.05) is 7.05 Å². The number of nitrogens with one attached hydrogen (secondary N) is 1. The molecular formula is C14H18N4OS. The molecule has 0 fully saturated rings. The van der Waals surface area contributed by atoms with Gasteiger partial charge in [0.25, 0.3) is 0 Å². The highest BCUT2D eigenvalue weighted by Crippen LogP contribution is 2.25. The van der Waals surface area contributed by atoms with Crippen LogP contribution in [-0.2, 0) is 4.79 Å². The number of nitrogens with zero attached hydrogens (tertiary/aromatic N) is 3. The van der Waals surface area contributed by atoms with E-state index in [1.807, 2.05) is 17.6 Å². The second-order valence-electron chi connectivity index (χ2n) is 4.65. The van der Waals surface area contributed by atoms with Gasteiger partial charge in [-0.15, -0.1) is 10.2 Å². The Hall–Kier alpha value is -1.82. The van der Waals surface area contributed by atoms with Crippen molar-refractivity contribution in [3.63, 3.8) is 0 Å². The number of carbonyl (C=O) groups is 1. The highest BCUT2D eigenvalue weighted by Gasteiger charge is 2.17. The van der Waals surface area contributed by atoms with E-state index in [1.165, 1.54) is 17.3 Å². The van der Waals surface area contributed by atoms with Crippen LogP contribution in [0.1, 0.15) is 18.1 Å². The van der Waals surface area contributed by atoms with E-state index in [-0.39, 0.29) is 11.2 Å². The molecule has 0 spiro atoms. The number of rotatable bonds is 4. The average molecular weight is 290 g/mol. The fourth-order valence-corrected chi connectivity index (χ4v) is 2.86. The topological polar surface area (TPSA) is 59.8 Å². The number of aromatic nitrogens is 3. The first-order chi connectivity index (χ1) is 9.52. The van der Waals surface area contributed by atoms with Gasteiger partial charge in [0.2, 0.25) is 5.91 Å². The third-order valence-electron chi connectivity index (χ3n) is 3.03. The lowest BCUT2D eigenvalue weighted by Crippen LogP contribution is -2.27. The average Bonchev–Trinajstić information content (AvgIpc) is 2.85. The zero-order chi connectivity index (χ0) is 14.7. The highest BCUT2D eigenvalue weighted by atomic mass is 32.2. The molecule has 0 aliphatic rings. The summed E-state index contributed by atoms with van der Waals surface area (Å²) in [5.41, 5.74) is 3.40. The second kappa shape index (κ2) is 6.09. The third kappa shape index (κ3) is 3.01. The molecule has 20 heavy (non-hydrogen) atoms. The summed E-state index contributed by atoms with van der Waals surface area (Å²) in [6.45, 7) is 5.97. The number of benzene rings is 1. The molecule has 1 heterocycles. The van der Waals surface area contributed by atoms with Crippen LogP contribution in [0.5, 0.6) is 0 Å². The molecule has 1 aromatic carbocycles. The molecule has 106 valence electrons. The van der Waals surface area contributed by atoms with E-state index in [2.05, 4.69) is 41.5 Å². The Labute approximate surface area is 122 Å². The smallest absolute Gasteiger partial charge is 0.233 e. The van der Waals surface area contributed by atoms with E-state index in [4.69, 9.17) is 0 Å². The van der Waals surface area contributed by atoms with Crippen LogP contribution in [0.4, 0.5) is 0 Å². The zero-order valence-electron chi connectivity index (χ0n) is 12.0. The quantitative estimate of drug-likeness (QED) is 0.876. The van der Waals surface area contributed by atoms with Gasteiger partial charge < -0.3 is 5.32 Å². The van der Waals surface area contributed by atoms with Gasteiger partial charge in [-0.05, 0) is 32.4 Å². The molecule has 0 bridgehead atoms. The van der Waals surface area contributed by atoms with Crippen molar-refractivity contribution in [2.24, 2.45) is 0 Å². The Morgan fingerprint density at radius 3 is 2.80 bits per heavy atom. The minimum Gasteiger partial charge on any atom is -0.358 e. The van der Waals surface area contributed by atoms with Crippen LogP contribution < -0.4 is 5.32 Å². The molecule has 0 saturated carbocycles. The maximum atomic E-state index is 11.6. The summed E-state index contributed by atoms with van der Waals surface area (Å²) in [7, 11) is 1.63. The van der Waals surface area contributed by atoms with Crippen LogP contribution in [0.15, 0.2) is 29.7 Å². The van der Waals surface area contributed by atoms with Crippen LogP contribution in [0.25, 0.3) is 5.69 Å². The Morgan fingerprint density at radius 2 is 2.15 bits per heavy atom. The third-order valence-corrected chi connectivity index (χ3v) is 4.08. The van der Waals surface area contributed by atoms with E-state index in [0.717, 1.165) is 11.3 Å². The Morgan fingerprint density at radius 1 is 1.40 bits per heavy atom. The minimum atomic E-state index is -0.214. The second-order valence-corrected chi connectivity index (χ2v) is 5.96. The zero-order valence-corrected chi connectivity index (χ0v) is 12.9. The standard InChI is InChI=1S/C14H18N4OS/c1-9-5-6-12(10(2)7-9)18-8-16-17-14(18)20-11(3)13(19)15-4/h5-8,11H,1-4H3,(H,15,19). The van der Waals surface area contributed by atoms with Gasteiger partial charge in [-0.2, -0.15) is 0 Å². The Balaban J connectivity index is 2.31. The molecule has 0 radical (unpaired) electrons. The lowest BCUT2D eigenvalue weighted by molar-refractivity contribution is -0.119. The number of hydrogen-bond acceptors (Lipinski definition) is 4. The molecule has 6 heteroatoms. The van der Waals surface area contributed by atoms with Crippen molar-refractivity contribution < 1.29 is 4.79 Å². The predicted octanol–water partition coefficient (Wildman–Crippen LogP) is 2.11. The van der Waals surface area contributed by atoms with Crippen molar-refractivity contribution >= 4 is 17.7 Å². The van der Waals surface area contributed by atoms with Crippen LogP contribution in [-0.4, -0.2) is 33.0 Å². The van der Waals surface area contributed by atoms with Crippen molar-refractivity contribution in [3.8, 4) is 5.69 Å². The first-order valence-electron chi connectivity index (χ1n) is 6.39. The molecule has 2 aromatic rings. The largest absolute Gasteiger partial charge is 0.358 e. The molecule has 5 nitrogen and oxygen atoms in total. The Bertz CT molecular complexity index is 623. The molecule has 1 aromatic heterocycles. The first kappa shape index (κ1) is 14.6.